The summed E-state index contributed by atoms with van der Waals surface area (Å²) in [5, 5.41) is -5.56. The Labute approximate surface area is 326 Å². The predicted molar refractivity (Wildman–Crippen MR) is 208 cm³/mol. The molecule has 1 aromatic heterocycles. The normalized spacial score (nSPS) is 20.2. The summed E-state index contributed by atoms with van der Waals surface area (Å²) in [5.74, 6) is 0. The first kappa shape index (κ1) is 11.1. The van der Waals surface area contributed by atoms with E-state index in [1.54, 1.807) is 0 Å². The molecule has 1 heterocycles. The van der Waals surface area contributed by atoms with Gasteiger partial charge in [-0.15, -0.1) is 0 Å². The maximum Gasteiger partial charge on any atom is 0.135 e. The van der Waals surface area contributed by atoms with Gasteiger partial charge in [-0.1, -0.05) is 157 Å². The van der Waals surface area contributed by atoms with Crippen LogP contribution in [-0.2, 0) is 0 Å². The lowest BCUT2D eigenvalue weighted by atomic mass is 9.85. The van der Waals surface area contributed by atoms with Crippen LogP contribution < -0.4 is 0 Å². The summed E-state index contributed by atoms with van der Waals surface area (Å²) in [6, 6.07) is -28.7. The average Bonchev–Trinajstić information content (AvgIpc) is 4.08. The molecule has 0 aliphatic rings. The van der Waals surface area contributed by atoms with Crippen LogP contribution in [0.15, 0.2) is 186 Å². The van der Waals surface area contributed by atoms with Crippen LogP contribution in [0.3, 0.4) is 0 Å². The van der Waals surface area contributed by atoms with E-state index in [1.165, 1.54) is 0 Å². The first-order valence-electron chi connectivity index (χ1n) is 29.4. The highest BCUT2D eigenvalue weighted by Gasteiger charge is 2.18. The van der Waals surface area contributed by atoms with Crippen molar-refractivity contribution in [1.29, 1.82) is 0 Å². The number of hydrogen-bond acceptors (Lipinski definition) is 1. The smallest absolute Gasteiger partial charge is 0.135 e. The standard InChI is InChI=1S/C48H30O/c1-2-11-31(12-3-1)35-25-27-45-43(29-35)44-30-36(26-28-46(44)49-45)48-41-18-8-6-16-39(41)47(40-17-7-9-19-42(40)48)34-23-21-33(22-24-34)38-20-10-14-32-13-4-5-15-37(32)38/h1-30H/i1D,2D,3D,4D,5D,6D,7D,8D,9D,10D,11D,12D,13D,14D,15D,16D,17D,18D,19D,20D,21D,22D,23D,24D,25D,26D,27D,28D,29D,30D. The molecule has 1 nitrogen and oxygen atoms in total. The van der Waals surface area contributed by atoms with Crippen molar-refractivity contribution in [1.82, 2.24) is 0 Å². The van der Waals surface area contributed by atoms with E-state index < -0.39 is 280 Å². The molecule has 1 heteroatoms. The Kier molecular flexibility index (Phi) is 2.50. The van der Waals surface area contributed by atoms with Gasteiger partial charge >= 0.3 is 0 Å². The summed E-state index contributed by atoms with van der Waals surface area (Å²) < 4.78 is 275. The Balaban J connectivity index is 1.44. The average molecular weight is 653 g/mol. The van der Waals surface area contributed by atoms with E-state index in [9.17, 15) is 16.4 Å². The minimum Gasteiger partial charge on any atom is -0.456 e. The van der Waals surface area contributed by atoms with Gasteiger partial charge in [0.15, 0.2) is 0 Å². The molecule has 0 spiro atoms. The van der Waals surface area contributed by atoms with E-state index in [-0.39, 0.29) is 0 Å². The Hall–Kier alpha value is -6.44. The number of benzene rings is 9. The Bertz CT molecular complexity index is 4450. The Morgan fingerprint density at radius 1 is 0.306 bits per heavy atom. The zero-order valence-corrected chi connectivity index (χ0v) is 24.4. The molecule has 0 unspecified atom stereocenters. The Morgan fingerprint density at radius 2 is 0.776 bits per heavy atom. The molecule has 0 fully saturated rings. The maximum atomic E-state index is 9.89. The summed E-state index contributed by atoms with van der Waals surface area (Å²) >= 11 is 0. The highest BCUT2D eigenvalue weighted by atomic mass is 16.3. The Morgan fingerprint density at radius 3 is 1.43 bits per heavy atom. The predicted octanol–water partition coefficient (Wildman–Crippen LogP) is 13.7. The van der Waals surface area contributed by atoms with Gasteiger partial charge in [-0.2, -0.15) is 0 Å². The van der Waals surface area contributed by atoms with Crippen molar-refractivity contribution >= 4 is 54.3 Å². The van der Waals surface area contributed by atoms with Crippen molar-refractivity contribution < 1.29 is 45.5 Å². The molecular weight excluding hydrogens is 593 g/mol. The SMILES string of the molecule is [2H]c1c([2H])c([2H])c(-c2c([2H])c([2H])c3oc4c([2H])c([2H])c(-c5c6c([2H])c([2H])c([2H])c([2H])c6c(-c6c([2H])c([2H])c(-c7c([2H])c([2H])c([2H])c8c([2H])c([2H])c([2H])c([2H])c78)c([2H])c6[2H])c6c([2H])c([2H])c([2H])c([2H])c56)c([2H])c4c3c2[2H])c([2H])c1[2H]. The summed E-state index contributed by atoms with van der Waals surface area (Å²) in [6.07, 6.45) is 0. The summed E-state index contributed by atoms with van der Waals surface area (Å²) in [7, 11) is 0. The molecule has 0 saturated heterocycles. The molecule has 49 heavy (non-hydrogen) atoms. The van der Waals surface area contributed by atoms with Crippen molar-refractivity contribution in [3.05, 3.63) is 181 Å². The molecule has 0 bridgehead atoms. The van der Waals surface area contributed by atoms with Crippen LogP contribution in [0, 0.1) is 0 Å². The number of rotatable bonds is 4. The highest BCUT2D eigenvalue weighted by molar-refractivity contribution is 6.22. The monoisotopic (exact) mass is 652 g/mol. The topological polar surface area (TPSA) is 13.1 Å². The van der Waals surface area contributed by atoms with Crippen molar-refractivity contribution in [3.63, 3.8) is 0 Å². The van der Waals surface area contributed by atoms with Gasteiger partial charge in [0, 0.05) is 10.8 Å². The fourth-order valence-corrected chi connectivity index (χ4v) is 5.71. The molecule has 10 aromatic rings. The zero-order valence-electron chi connectivity index (χ0n) is 54.4. The molecule has 0 aliphatic heterocycles. The molecule has 10 rings (SSSR count). The lowest BCUT2D eigenvalue weighted by Crippen LogP contribution is -1.91. The van der Waals surface area contributed by atoms with Gasteiger partial charge in [0.05, 0.1) is 41.1 Å². The third kappa shape index (κ3) is 4.47. The van der Waals surface area contributed by atoms with Crippen LogP contribution in [0.5, 0.6) is 0 Å². The fourth-order valence-electron chi connectivity index (χ4n) is 5.71. The molecule has 228 valence electrons. The lowest BCUT2D eigenvalue weighted by molar-refractivity contribution is 0.669. The lowest BCUT2D eigenvalue weighted by Gasteiger charge is -2.18. The van der Waals surface area contributed by atoms with Crippen molar-refractivity contribution in [2.75, 3.05) is 0 Å². The first-order valence-corrected chi connectivity index (χ1v) is 14.4. The second-order valence-corrected chi connectivity index (χ2v) is 10.5. The van der Waals surface area contributed by atoms with Crippen LogP contribution in [0.1, 0.15) is 41.1 Å². The van der Waals surface area contributed by atoms with Crippen LogP contribution in [0.2, 0.25) is 0 Å². The van der Waals surface area contributed by atoms with Gasteiger partial charge in [0.2, 0.25) is 0 Å². The largest absolute Gasteiger partial charge is 0.456 e. The molecule has 0 amide bonds. The third-order valence-corrected chi connectivity index (χ3v) is 7.82. The van der Waals surface area contributed by atoms with E-state index in [4.69, 9.17) is 29.1 Å². The first-order chi connectivity index (χ1) is 36.8. The molecule has 0 N–H and O–H groups in total. The molecule has 0 radical (unpaired) electrons. The van der Waals surface area contributed by atoms with Crippen LogP contribution in [0.4, 0.5) is 0 Å². The van der Waals surface area contributed by atoms with Gasteiger partial charge in [0.1, 0.15) is 11.2 Å². The maximum absolute atomic E-state index is 9.89. The molecular formula is C48H30O. The highest BCUT2D eigenvalue weighted by Crippen LogP contribution is 2.45. The van der Waals surface area contributed by atoms with Gasteiger partial charge in [-0.3, -0.25) is 0 Å². The fraction of sp³-hybridized carbons (Fsp3) is 0. The number of furan rings is 1. The third-order valence-electron chi connectivity index (χ3n) is 7.82. The van der Waals surface area contributed by atoms with Crippen LogP contribution >= 0.6 is 0 Å². The van der Waals surface area contributed by atoms with Crippen molar-refractivity contribution in [2.24, 2.45) is 0 Å². The molecule has 9 aromatic carbocycles. The van der Waals surface area contributed by atoms with E-state index >= 15 is 0 Å². The summed E-state index contributed by atoms with van der Waals surface area (Å²) in [4.78, 5) is 0. The van der Waals surface area contributed by atoms with Crippen molar-refractivity contribution in [2.45, 2.75) is 0 Å². The van der Waals surface area contributed by atoms with Gasteiger partial charge < -0.3 is 4.42 Å². The number of hydrogen-bond donors (Lipinski definition) is 0. The van der Waals surface area contributed by atoms with Gasteiger partial charge in [-0.05, 0) is 101 Å². The second kappa shape index (κ2) is 11.1. The molecule has 0 atom stereocenters. The van der Waals surface area contributed by atoms with E-state index in [0.717, 1.165) is 0 Å². The molecule has 0 aliphatic carbocycles. The van der Waals surface area contributed by atoms with Crippen LogP contribution in [0.25, 0.3) is 98.8 Å². The van der Waals surface area contributed by atoms with E-state index in [1.807, 2.05) is 0 Å². The number of fused-ring (bicyclic) bond motifs is 6. The minimum atomic E-state index is -1.12. The summed E-state index contributed by atoms with van der Waals surface area (Å²) in [5.41, 5.74) is -7.60. The molecule has 0 saturated carbocycles. The van der Waals surface area contributed by atoms with Gasteiger partial charge in [-0.25, -0.2) is 0 Å². The van der Waals surface area contributed by atoms with Crippen LogP contribution in [-0.4, -0.2) is 0 Å². The minimum absolute atomic E-state index is 0.579. The summed E-state index contributed by atoms with van der Waals surface area (Å²) in [6.45, 7) is 0. The van der Waals surface area contributed by atoms with E-state index in [0.29, 0.717) is 0 Å². The zero-order chi connectivity index (χ0) is 58.4. The van der Waals surface area contributed by atoms with E-state index in [2.05, 4.69) is 0 Å². The van der Waals surface area contributed by atoms with Crippen molar-refractivity contribution in [3.8, 4) is 44.5 Å². The van der Waals surface area contributed by atoms with Gasteiger partial charge in [0.25, 0.3) is 0 Å². The quantitative estimate of drug-likeness (QED) is 0.172. The second-order valence-electron chi connectivity index (χ2n) is 10.5.